The van der Waals surface area contributed by atoms with Crippen LogP contribution in [-0.2, 0) is 0 Å². The summed E-state index contributed by atoms with van der Waals surface area (Å²) in [6, 6.07) is 9.36. The first-order valence-corrected chi connectivity index (χ1v) is 7.62. The average Bonchev–Trinajstić information content (AvgIpc) is 2.41. The number of benzene rings is 1. The van der Waals surface area contributed by atoms with Crippen molar-refractivity contribution in [2.24, 2.45) is 5.73 Å². The first-order chi connectivity index (χ1) is 9.10. The van der Waals surface area contributed by atoms with E-state index in [1.807, 2.05) is 0 Å². The maximum absolute atomic E-state index is 6.35. The van der Waals surface area contributed by atoms with Crippen molar-refractivity contribution in [2.75, 3.05) is 13.6 Å². The van der Waals surface area contributed by atoms with E-state index >= 15 is 0 Å². The molecule has 1 rings (SSSR count). The second-order valence-electron chi connectivity index (χ2n) is 5.62. The van der Waals surface area contributed by atoms with Crippen molar-refractivity contribution >= 4 is 0 Å². The Kier molecular flexibility index (Phi) is 7.11. The summed E-state index contributed by atoms with van der Waals surface area (Å²) in [6.45, 7) is 7.67. The monoisotopic (exact) mass is 262 g/mol. The molecule has 2 nitrogen and oxygen atoms in total. The fraction of sp³-hybridized carbons (Fsp3) is 0.647. The molecule has 2 unspecified atom stereocenters. The van der Waals surface area contributed by atoms with Crippen LogP contribution < -0.4 is 5.73 Å². The smallest absolute Gasteiger partial charge is 0.0496 e. The minimum Gasteiger partial charge on any atom is -0.326 e. The zero-order chi connectivity index (χ0) is 14.3. The van der Waals surface area contributed by atoms with Gasteiger partial charge < -0.3 is 5.73 Å². The van der Waals surface area contributed by atoms with E-state index in [0.717, 1.165) is 13.0 Å². The summed E-state index contributed by atoms with van der Waals surface area (Å²) < 4.78 is 0. The van der Waals surface area contributed by atoms with Gasteiger partial charge in [0.05, 0.1) is 0 Å². The van der Waals surface area contributed by atoms with Gasteiger partial charge in [0.1, 0.15) is 0 Å². The average molecular weight is 262 g/mol. The van der Waals surface area contributed by atoms with E-state index in [9.17, 15) is 0 Å². The molecule has 0 heterocycles. The minimum absolute atomic E-state index is 0.203. The molecule has 108 valence electrons. The van der Waals surface area contributed by atoms with Crippen LogP contribution in [-0.4, -0.2) is 24.5 Å². The number of hydrogen-bond acceptors (Lipinski definition) is 2. The van der Waals surface area contributed by atoms with Gasteiger partial charge in [0.2, 0.25) is 0 Å². The molecule has 2 N–H and O–H groups in total. The molecule has 0 aromatic heterocycles. The van der Waals surface area contributed by atoms with E-state index < -0.39 is 0 Å². The Bertz CT molecular complexity index is 345. The highest BCUT2D eigenvalue weighted by Gasteiger charge is 2.22. The minimum atomic E-state index is 0.203. The van der Waals surface area contributed by atoms with Crippen molar-refractivity contribution in [3.63, 3.8) is 0 Å². The molecular formula is C17H30N2. The molecule has 19 heavy (non-hydrogen) atoms. The Morgan fingerprint density at radius 3 is 2.26 bits per heavy atom. The number of aryl methyl sites for hydroxylation is 1. The predicted molar refractivity (Wildman–Crippen MR) is 84.3 cm³/mol. The highest BCUT2D eigenvalue weighted by atomic mass is 15.1. The Labute approximate surface area is 119 Å². The van der Waals surface area contributed by atoms with Gasteiger partial charge in [-0.25, -0.2) is 0 Å². The van der Waals surface area contributed by atoms with E-state index in [1.165, 1.54) is 30.4 Å². The Morgan fingerprint density at radius 1 is 1.11 bits per heavy atom. The van der Waals surface area contributed by atoms with Crippen molar-refractivity contribution in [1.82, 2.24) is 4.90 Å². The van der Waals surface area contributed by atoms with Gasteiger partial charge in [-0.3, -0.25) is 4.90 Å². The first-order valence-electron chi connectivity index (χ1n) is 7.62. The van der Waals surface area contributed by atoms with Crippen LogP contribution >= 0.6 is 0 Å². The molecule has 1 aromatic rings. The lowest BCUT2D eigenvalue weighted by Crippen LogP contribution is -2.39. The van der Waals surface area contributed by atoms with Gasteiger partial charge >= 0.3 is 0 Å². The van der Waals surface area contributed by atoms with Crippen LogP contribution in [0, 0.1) is 6.92 Å². The largest absolute Gasteiger partial charge is 0.326 e. The van der Waals surface area contributed by atoms with Gasteiger partial charge in [0.15, 0.2) is 0 Å². The maximum atomic E-state index is 6.35. The summed E-state index contributed by atoms with van der Waals surface area (Å²) in [5.74, 6) is 0. The molecule has 0 radical (unpaired) electrons. The highest BCUT2D eigenvalue weighted by Crippen LogP contribution is 2.24. The van der Waals surface area contributed by atoms with Crippen LogP contribution in [0.4, 0.5) is 0 Å². The van der Waals surface area contributed by atoms with Gasteiger partial charge in [-0.2, -0.15) is 0 Å². The molecule has 0 fully saturated rings. The molecule has 0 saturated carbocycles. The molecular weight excluding hydrogens is 232 g/mol. The molecule has 0 aliphatic carbocycles. The third kappa shape index (κ3) is 4.96. The van der Waals surface area contributed by atoms with Crippen LogP contribution in [0.3, 0.4) is 0 Å². The Morgan fingerprint density at radius 2 is 1.74 bits per heavy atom. The molecule has 0 bridgehead atoms. The summed E-state index contributed by atoms with van der Waals surface area (Å²) in [5.41, 5.74) is 9.00. The Balaban J connectivity index is 2.79. The Hall–Kier alpha value is -0.860. The van der Waals surface area contributed by atoms with E-state index in [2.05, 4.69) is 57.0 Å². The van der Waals surface area contributed by atoms with E-state index in [-0.39, 0.29) is 6.04 Å². The van der Waals surface area contributed by atoms with Crippen molar-refractivity contribution in [2.45, 2.75) is 58.5 Å². The summed E-state index contributed by atoms with van der Waals surface area (Å²) in [4.78, 5) is 2.43. The summed E-state index contributed by atoms with van der Waals surface area (Å²) >= 11 is 0. The molecule has 2 atom stereocenters. The normalized spacial score (nSPS) is 14.6. The van der Waals surface area contributed by atoms with Crippen LogP contribution in [0.1, 0.15) is 56.7 Å². The predicted octanol–water partition coefficient (Wildman–Crippen LogP) is 3.90. The molecule has 2 heteroatoms. The lowest BCUT2D eigenvalue weighted by atomic mass is 9.95. The van der Waals surface area contributed by atoms with Crippen molar-refractivity contribution in [1.29, 1.82) is 0 Å². The highest BCUT2D eigenvalue weighted by molar-refractivity contribution is 5.25. The van der Waals surface area contributed by atoms with Crippen LogP contribution in [0.25, 0.3) is 0 Å². The molecule has 0 amide bonds. The fourth-order valence-corrected chi connectivity index (χ4v) is 2.57. The van der Waals surface area contributed by atoms with Crippen molar-refractivity contribution < 1.29 is 0 Å². The van der Waals surface area contributed by atoms with Gasteiger partial charge in [0.25, 0.3) is 0 Å². The first kappa shape index (κ1) is 16.2. The van der Waals surface area contributed by atoms with E-state index in [1.54, 1.807) is 0 Å². The molecule has 1 aromatic carbocycles. The van der Waals surface area contributed by atoms with Gasteiger partial charge in [-0.15, -0.1) is 0 Å². The van der Waals surface area contributed by atoms with Crippen LogP contribution in [0.5, 0.6) is 0 Å². The summed E-state index contributed by atoms with van der Waals surface area (Å²) in [5, 5.41) is 0. The van der Waals surface area contributed by atoms with Crippen molar-refractivity contribution in [3.8, 4) is 0 Å². The number of nitrogens with zero attached hydrogens (tertiary/aromatic N) is 1. The number of likely N-dealkylation sites (N-methyl/N-ethyl adjacent to an activating group) is 1. The van der Waals surface area contributed by atoms with E-state index in [0.29, 0.717) is 6.04 Å². The zero-order valence-corrected chi connectivity index (χ0v) is 13.0. The number of nitrogens with two attached hydrogens (primary N) is 1. The number of rotatable bonds is 8. The fourth-order valence-electron chi connectivity index (χ4n) is 2.57. The van der Waals surface area contributed by atoms with Crippen LogP contribution in [0.15, 0.2) is 24.3 Å². The lowest BCUT2D eigenvalue weighted by molar-refractivity contribution is 0.206. The standard InChI is InChI=1S/C17H30N2/c1-5-7-8-13-19(4)17(16(18)6-2)15-11-9-14(3)10-12-15/h9-12,16-17H,5-8,13,18H2,1-4H3. The topological polar surface area (TPSA) is 29.3 Å². The molecule has 0 aliphatic rings. The quantitative estimate of drug-likeness (QED) is 0.720. The molecule has 0 spiro atoms. The molecule has 0 aliphatic heterocycles. The summed E-state index contributed by atoms with van der Waals surface area (Å²) in [7, 11) is 2.20. The van der Waals surface area contributed by atoms with E-state index in [4.69, 9.17) is 5.73 Å². The third-order valence-corrected chi connectivity index (χ3v) is 3.89. The number of unbranched alkanes of at least 4 members (excludes halogenated alkanes) is 2. The van der Waals surface area contributed by atoms with Gasteiger partial charge in [-0.05, 0) is 38.9 Å². The van der Waals surface area contributed by atoms with Crippen molar-refractivity contribution in [3.05, 3.63) is 35.4 Å². The van der Waals surface area contributed by atoms with Gasteiger partial charge in [-0.1, -0.05) is 56.5 Å². The third-order valence-electron chi connectivity index (χ3n) is 3.89. The summed E-state index contributed by atoms with van der Waals surface area (Å²) in [6.07, 6.45) is 4.83. The van der Waals surface area contributed by atoms with Crippen LogP contribution in [0.2, 0.25) is 0 Å². The number of hydrogen-bond donors (Lipinski definition) is 1. The second kappa shape index (κ2) is 8.34. The SMILES string of the molecule is CCCCCN(C)C(c1ccc(C)cc1)C(N)CC. The second-order valence-corrected chi connectivity index (χ2v) is 5.62. The zero-order valence-electron chi connectivity index (χ0n) is 13.0. The molecule has 0 saturated heterocycles. The maximum Gasteiger partial charge on any atom is 0.0496 e. The van der Waals surface area contributed by atoms with Gasteiger partial charge in [0, 0.05) is 12.1 Å². The lowest BCUT2D eigenvalue weighted by Gasteiger charge is -2.33.